The van der Waals surface area contributed by atoms with Crippen LogP contribution in [0.15, 0.2) is 90.0 Å². The molecule has 5 rings (SSSR count). The second-order valence-electron chi connectivity index (χ2n) is 8.16. The van der Waals surface area contributed by atoms with Crippen LogP contribution in [0, 0.1) is 11.6 Å². The van der Waals surface area contributed by atoms with Crippen molar-refractivity contribution in [3.8, 4) is 28.1 Å². The van der Waals surface area contributed by atoms with Crippen molar-refractivity contribution in [3.05, 3.63) is 96.7 Å². The van der Waals surface area contributed by atoms with Crippen molar-refractivity contribution >= 4 is 32.4 Å². The van der Waals surface area contributed by atoms with Crippen LogP contribution >= 0.6 is 0 Å². The van der Waals surface area contributed by atoms with E-state index in [0.717, 1.165) is 34.2 Å². The fourth-order valence-electron chi connectivity index (χ4n) is 3.96. The molecular formula is C27H20F2N4O3S. The summed E-state index contributed by atoms with van der Waals surface area (Å²) < 4.78 is 60.7. The zero-order valence-electron chi connectivity index (χ0n) is 19.4. The molecule has 0 amide bonds. The lowest BCUT2D eigenvalue weighted by Gasteiger charge is -2.14. The quantitative estimate of drug-likeness (QED) is 0.302. The van der Waals surface area contributed by atoms with Gasteiger partial charge in [0.05, 0.1) is 12.6 Å². The van der Waals surface area contributed by atoms with E-state index < -0.39 is 26.6 Å². The number of nitrogens with zero attached hydrogens (tertiary/aromatic N) is 2. The summed E-state index contributed by atoms with van der Waals surface area (Å²) in [6.07, 6.45) is 1.53. The molecule has 2 aromatic heterocycles. The standard InChI is InChI=1S/C27H20F2N4O3S/c1-36-27-24(33-37(34,35)25-10-8-20(28)14-22(25)29)13-19(15-31-27)17-7-9-23-18(11-17)12-21(26(30)32-23)16-5-3-2-4-6-16/h2-15,33H,1H3,(H2,30,32). The Bertz CT molecular complexity index is 1750. The van der Waals surface area contributed by atoms with Gasteiger partial charge in [-0.25, -0.2) is 27.2 Å². The third-order valence-corrected chi connectivity index (χ3v) is 7.13. The number of anilines is 2. The Morgan fingerprint density at radius 1 is 0.892 bits per heavy atom. The number of nitrogens with two attached hydrogens (primary N) is 1. The SMILES string of the molecule is COc1ncc(-c2ccc3nc(N)c(-c4ccccc4)cc3c2)cc1NS(=O)(=O)c1ccc(F)cc1F. The summed E-state index contributed by atoms with van der Waals surface area (Å²) >= 11 is 0. The lowest BCUT2D eigenvalue weighted by Crippen LogP contribution is -2.15. The van der Waals surface area contributed by atoms with Crippen LogP contribution in [0.1, 0.15) is 0 Å². The number of rotatable bonds is 6. The summed E-state index contributed by atoms with van der Waals surface area (Å²) in [7, 11) is -3.07. The first kappa shape index (κ1) is 24.1. The largest absolute Gasteiger partial charge is 0.480 e. The van der Waals surface area contributed by atoms with Gasteiger partial charge in [0.2, 0.25) is 5.88 Å². The highest BCUT2D eigenvalue weighted by atomic mass is 32.2. The van der Waals surface area contributed by atoms with E-state index in [1.54, 1.807) is 12.1 Å². The summed E-state index contributed by atoms with van der Waals surface area (Å²) in [6, 6.07) is 20.8. The molecule has 0 unspecified atom stereocenters. The monoisotopic (exact) mass is 518 g/mol. The second kappa shape index (κ2) is 9.47. The Morgan fingerprint density at radius 2 is 1.68 bits per heavy atom. The van der Waals surface area contributed by atoms with E-state index in [4.69, 9.17) is 10.5 Å². The Balaban J connectivity index is 1.55. The number of ether oxygens (including phenoxy) is 1. The predicted molar refractivity (Wildman–Crippen MR) is 139 cm³/mol. The number of pyridine rings is 2. The Labute approximate surface area is 211 Å². The number of benzene rings is 3. The van der Waals surface area contributed by atoms with Crippen LogP contribution in [0.2, 0.25) is 0 Å². The fourth-order valence-corrected chi connectivity index (χ4v) is 5.07. The average Bonchev–Trinajstić information content (AvgIpc) is 2.88. The molecule has 186 valence electrons. The van der Waals surface area contributed by atoms with Crippen molar-refractivity contribution in [2.75, 3.05) is 17.6 Å². The lowest BCUT2D eigenvalue weighted by molar-refractivity contribution is 0.400. The number of nitrogen functional groups attached to an aromatic ring is 1. The van der Waals surface area contributed by atoms with Gasteiger partial charge in [-0.3, -0.25) is 4.72 Å². The molecule has 0 saturated carbocycles. The van der Waals surface area contributed by atoms with Gasteiger partial charge in [0.25, 0.3) is 10.0 Å². The third kappa shape index (κ3) is 4.78. The summed E-state index contributed by atoms with van der Waals surface area (Å²) in [5, 5.41) is 0.817. The van der Waals surface area contributed by atoms with E-state index in [0.29, 0.717) is 23.0 Å². The first-order valence-corrected chi connectivity index (χ1v) is 12.5. The van der Waals surface area contributed by atoms with Gasteiger partial charge in [-0.15, -0.1) is 0 Å². The molecule has 0 aliphatic rings. The zero-order chi connectivity index (χ0) is 26.2. The molecule has 0 radical (unpaired) electrons. The van der Waals surface area contributed by atoms with Crippen LogP contribution in [0.3, 0.4) is 0 Å². The van der Waals surface area contributed by atoms with Gasteiger partial charge in [0.1, 0.15) is 28.0 Å². The molecule has 0 saturated heterocycles. The average molecular weight is 519 g/mol. The second-order valence-corrected chi connectivity index (χ2v) is 9.81. The maximum atomic E-state index is 14.2. The van der Waals surface area contributed by atoms with Crippen LogP contribution < -0.4 is 15.2 Å². The number of nitrogens with one attached hydrogen (secondary N) is 1. The number of hydrogen-bond donors (Lipinski definition) is 2. The van der Waals surface area contributed by atoms with Gasteiger partial charge < -0.3 is 10.5 Å². The highest BCUT2D eigenvalue weighted by Crippen LogP contribution is 2.34. The van der Waals surface area contributed by atoms with Crippen molar-refractivity contribution in [2.24, 2.45) is 0 Å². The first-order valence-electron chi connectivity index (χ1n) is 11.0. The smallest absolute Gasteiger partial charge is 0.264 e. The molecule has 0 aliphatic carbocycles. The minimum Gasteiger partial charge on any atom is -0.480 e. The molecule has 0 spiro atoms. The van der Waals surface area contributed by atoms with Gasteiger partial charge >= 0.3 is 0 Å². The van der Waals surface area contributed by atoms with Crippen molar-refractivity contribution < 1.29 is 21.9 Å². The topological polar surface area (TPSA) is 107 Å². The fraction of sp³-hybridized carbons (Fsp3) is 0.0370. The number of fused-ring (bicyclic) bond motifs is 1. The normalized spacial score (nSPS) is 11.4. The van der Waals surface area contributed by atoms with E-state index >= 15 is 0 Å². The summed E-state index contributed by atoms with van der Waals surface area (Å²) in [5.41, 5.74) is 9.88. The van der Waals surface area contributed by atoms with Gasteiger partial charge in [-0.1, -0.05) is 36.4 Å². The molecule has 3 aromatic carbocycles. The maximum Gasteiger partial charge on any atom is 0.264 e. The van der Waals surface area contributed by atoms with Crippen LogP contribution in [-0.4, -0.2) is 25.5 Å². The molecule has 7 nitrogen and oxygen atoms in total. The van der Waals surface area contributed by atoms with Crippen LogP contribution in [0.25, 0.3) is 33.2 Å². The number of halogens is 2. The molecule has 0 fully saturated rings. The van der Waals surface area contributed by atoms with E-state index in [2.05, 4.69) is 14.7 Å². The lowest BCUT2D eigenvalue weighted by atomic mass is 10.0. The van der Waals surface area contributed by atoms with Crippen molar-refractivity contribution in [2.45, 2.75) is 4.90 Å². The van der Waals surface area contributed by atoms with E-state index in [-0.39, 0.29) is 11.6 Å². The molecule has 2 heterocycles. The molecule has 37 heavy (non-hydrogen) atoms. The van der Waals surface area contributed by atoms with Gasteiger partial charge in [-0.2, -0.15) is 0 Å². The molecule has 3 N–H and O–H groups in total. The van der Waals surface area contributed by atoms with Gasteiger partial charge in [0, 0.05) is 28.8 Å². The summed E-state index contributed by atoms with van der Waals surface area (Å²) in [4.78, 5) is 8.02. The number of aromatic nitrogens is 2. The Kier molecular flexibility index (Phi) is 6.18. The molecule has 0 aliphatic heterocycles. The Hall–Kier alpha value is -4.57. The molecule has 5 aromatic rings. The molecule has 0 atom stereocenters. The third-order valence-electron chi connectivity index (χ3n) is 5.73. The van der Waals surface area contributed by atoms with Crippen molar-refractivity contribution in [1.29, 1.82) is 0 Å². The van der Waals surface area contributed by atoms with E-state index in [1.165, 1.54) is 19.4 Å². The van der Waals surface area contributed by atoms with Gasteiger partial charge in [0.15, 0.2) is 0 Å². The highest BCUT2D eigenvalue weighted by Gasteiger charge is 2.22. The summed E-state index contributed by atoms with van der Waals surface area (Å²) in [6.45, 7) is 0. The number of methoxy groups -OCH3 is 1. The first-order chi connectivity index (χ1) is 17.7. The van der Waals surface area contributed by atoms with E-state index in [1.807, 2.05) is 42.5 Å². The molecular weight excluding hydrogens is 498 g/mol. The van der Waals surface area contributed by atoms with E-state index in [9.17, 15) is 17.2 Å². The minimum atomic E-state index is -4.40. The predicted octanol–water partition coefficient (Wildman–Crippen LogP) is 5.63. The number of hydrogen-bond acceptors (Lipinski definition) is 6. The number of sulfonamides is 1. The zero-order valence-corrected chi connectivity index (χ0v) is 20.3. The van der Waals surface area contributed by atoms with Crippen LogP contribution in [0.5, 0.6) is 5.88 Å². The van der Waals surface area contributed by atoms with Crippen molar-refractivity contribution in [1.82, 2.24) is 9.97 Å². The Morgan fingerprint density at radius 3 is 2.41 bits per heavy atom. The van der Waals surface area contributed by atoms with Crippen LogP contribution in [0.4, 0.5) is 20.3 Å². The minimum absolute atomic E-state index is 0.00997. The summed E-state index contributed by atoms with van der Waals surface area (Å²) in [5.74, 6) is -1.72. The molecule has 0 bridgehead atoms. The van der Waals surface area contributed by atoms with Crippen LogP contribution in [-0.2, 0) is 10.0 Å². The highest BCUT2D eigenvalue weighted by molar-refractivity contribution is 7.92. The van der Waals surface area contributed by atoms with Gasteiger partial charge in [-0.05, 0) is 47.5 Å². The molecule has 10 heteroatoms. The maximum absolute atomic E-state index is 14.2. The van der Waals surface area contributed by atoms with Crippen molar-refractivity contribution in [3.63, 3.8) is 0 Å².